The molecule has 3 heteroatoms. The molecule has 0 amide bonds. The summed E-state index contributed by atoms with van der Waals surface area (Å²) in [5.41, 5.74) is 0. The summed E-state index contributed by atoms with van der Waals surface area (Å²) >= 11 is 0. The summed E-state index contributed by atoms with van der Waals surface area (Å²) in [6.07, 6.45) is 2.76. The fourth-order valence-corrected chi connectivity index (χ4v) is 0.170. The first kappa shape index (κ1) is 11.1. The largest absolute Gasteiger partial charge is 0.532 e. The van der Waals surface area contributed by atoms with Crippen molar-refractivity contribution in [2.45, 2.75) is 6.42 Å². The van der Waals surface area contributed by atoms with Crippen LogP contribution >= 0.6 is 0 Å². The summed E-state index contributed by atoms with van der Waals surface area (Å²) in [6.45, 7) is 3.89. The Morgan fingerprint density at radius 3 is 2.75 bits per heavy atom. The summed E-state index contributed by atoms with van der Waals surface area (Å²) in [7, 11) is 0. The molecule has 41 valence electrons. The van der Waals surface area contributed by atoms with Crippen molar-refractivity contribution in [3.8, 4) is 6.07 Å². The predicted octanol–water partition coefficient (Wildman–Crippen LogP) is 0.679. The third-order valence-electron chi connectivity index (χ3n) is 0.382. The van der Waals surface area contributed by atoms with Crippen molar-refractivity contribution in [2.75, 3.05) is 6.54 Å². The number of nitrogens with zero attached hydrogens (tertiary/aromatic N) is 2. The maximum absolute atomic E-state index is 7.90. The first-order valence-corrected chi connectivity index (χ1v) is 1.97. The zero-order chi connectivity index (χ0) is 5.54. The average molecular weight is 183 g/mol. The molecule has 0 unspecified atom stereocenters. The van der Waals surface area contributed by atoms with Gasteiger partial charge in [0.15, 0.2) is 0 Å². The molecule has 2 nitrogen and oxygen atoms in total. The molecule has 0 N–H and O–H groups in total. The van der Waals surface area contributed by atoms with Crippen molar-refractivity contribution in [3.63, 3.8) is 0 Å². The average Bonchev–Trinajstić information content (AvgIpc) is 1.69. The third kappa shape index (κ3) is 9.55. The van der Waals surface area contributed by atoms with Crippen molar-refractivity contribution in [3.05, 3.63) is 6.92 Å². The van der Waals surface area contributed by atoms with Gasteiger partial charge < -0.3 is 18.1 Å². The molecule has 0 aliphatic heterocycles. The van der Waals surface area contributed by atoms with Gasteiger partial charge in [-0.15, -0.1) is 6.54 Å². The van der Waals surface area contributed by atoms with Gasteiger partial charge in [0.1, 0.15) is 0 Å². The van der Waals surface area contributed by atoms with Gasteiger partial charge in [0, 0.05) is 38.8 Å². The Hall–Kier alpha value is 0.264. The fourth-order valence-electron chi connectivity index (χ4n) is 0.170. The van der Waals surface area contributed by atoms with Gasteiger partial charge in [-0.2, -0.15) is 0 Å². The normalized spacial score (nSPS) is 8.00. The van der Waals surface area contributed by atoms with Gasteiger partial charge in [0.05, 0.1) is 0 Å². The van der Waals surface area contributed by atoms with Crippen LogP contribution in [0.4, 0.5) is 0 Å². The van der Waals surface area contributed by atoms with E-state index < -0.39 is 0 Å². The molecule has 0 bridgehead atoms. The predicted molar refractivity (Wildman–Crippen MR) is 27.9 cm³/mol. The molecule has 0 aromatic rings. The summed E-state index contributed by atoms with van der Waals surface area (Å²) in [5.74, 6) is 0. The first-order valence-electron chi connectivity index (χ1n) is 1.97. The van der Waals surface area contributed by atoms with Crippen molar-refractivity contribution in [1.29, 1.82) is 5.26 Å². The second kappa shape index (κ2) is 10.3. The topological polar surface area (TPSA) is 36.1 Å². The van der Waals surface area contributed by atoms with Gasteiger partial charge in [-0.05, 0) is 0 Å². The third-order valence-corrected chi connectivity index (χ3v) is 0.382. The summed E-state index contributed by atoms with van der Waals surface area (Å²) in [5, 5.41) is 7.90. The van der Waals surface area contributed by atoms with Crippen LogP contribution < -0.4 is 0 Å². The van der Waals surface area contributed by atoms with Gasteiger partial charge in [-0.3, -0.25) is 0 Å². The number of hydrogen-bond donors (Lipinski definition) is 0. The van der Waals surface area contributed by atoms with Gasteiger partial charge in [0.2, 0.25) is 0 Å². The van der Waals surface area contributed by atoms with Crippen molar-refractivity contribution < 1.29 is 32.7 Å². The van der Waals surface area contributed by atoms with Crippen molar-refractivity contribution in [2.24, 2.45) is 4.99 Å². The van der Waals surface area contributed by atoms with E-state index in [2.05, 4.69) is 18.1 Å². The Labute approximate surface area is 74.9 Å². The number of rotatable bonds is 2. The molecule has 0 saturated heterocycles. The smallest absolute Gasteiger partial charge is 0.0315 e. The van der Waals surface area contributed by atoms with Gasteiger partial charge in [-0.1, -0.05) is 6.42 Å². The minimum atomic E-state index is 0. The molecule has 0 saturated carbocycles. The van der Waals surface area contributed by atoms with E-state index in [1.165, 1.54) is 0 Å². The van der Waals surface area contributed by atoms with E-state index in [1.54, 1.807) is 0 Å². The first-order chi connectivity index (χ1) is 3.41. The molecule has 0 atom stereocenters. The summed E-state index contributed by atoms with van der Waals surface area (Å²) < 4.78 is 0. The summed E-state index contributed by atoms with van der Waals surface area (Å²) in [6, 6.07) is 1.87. The van der Waals surface area contributed by atoms with Crippen LogP contribution in [0, 0.1) is 18.3 Å². The van der Waals surface area contributed by atoms with Crippen molar-refractivity contribution in [1.82, 2.24) is 0 Å². The van der Waals surface area contributed by atoms with E-state index in [-0.39, 0.29) is 39.1 Å². The molecule has 0 fully saturated rings. The van der Waals surface area contributed by atoms with Crippen LogP contribution in [-0.4, -0.2) is 12.8 Å². The Morgan fingerprint density at radius 1 is 1.75 bits per heavy atom. The minimum absolute atomic E-state index is 0. The molecule has 0 rings (SSSR count). The molecular weight excluding hydrogens is 177 g/mol. The maximum atomic E-state index is 7.90. The van der Waals surface area contributed by atoms with Crippen LogP contribution in [0.1, 0.15) is 6.42 Å². The van der Waals surface area contributed by atoms with Crippen LogP contribution in [0.25, 0.3) is 0 Å². The molecule has 0 spiro atoms. The van der Waals surface area contributed by atoms with Crippen LogP contribution in [0.15, 0.2) is 4.99 Å². The van der Waals surface area contributed by atoms with E-state index in [9.17, 15) is 0 Å². The van der Waals surface area contributed by atoms with E-state index in [1.807, 2.05) is 6.07 Å². The van der Waals surface area contributed by atoms with E-state index in [4.69, 9.17) is 5.26 Å². The molecule has 0 aliphatic rings. The van der Waals surface area contributed by atoms with E-state index in [0.717, 1.165) is 0 Å². The Bertz CT molecular complexity index is 93.1. The van der Waals surface area contributed by atoms with Crippen LogP contribution in [-0.2, 0) is 32.7 Å². The second-order valence-corrected chi connectivity index (χ2v) is 0.875. The molecule has 1 radical (unpaired) electrons. The van der Waals surface area contributed by atoms with Crippen LogP contribution in [0.3, 0.4) is 0 Å². The number of aliphatic imine (C=N–C) groups is 1. The van der Waals surface area contributed by atoms with Crippen molar-refractivity contribution >= 4 is 6.21 Å². The maximum Gasteiger partial charge on any atom is 0.0315 e. The van der Waals surface area contributed by atoms with Gasteiger partial charge >= 0.3 is 0 Å². The van der Waals surface area contributed by atoms with Gasteiger partial charge in [0.25, 0.3) is 0 Å². The molecule has 0 heterocycles. The van der Waals surface area contributed by atoms with Gasteiger partial charge in [-0.25, -0.2) is 5.26 Å². The second-order valence-electron chi connectivity index (χ2n) is 0.875. The van der Waals surface area contributed by atoms with Crippen LogP contribution in [0.5, 0.6) is 0 Å². The summed E-state index contributed by atoms with van der Waals surface area (Å²) in [4.78, 5) is 3.58. The minimum Gasteiger partial charge on any atom is -0.532 e. The van der Waals surface area contributed by atoms with Crippen LogP contribution in [0.2, 0.25) is 0 Å². The fraction of sp³-hybridized carbons (Fsp3) is 0.400. The Kier molecular flexibility index (Phi) is 14.3. The van der Waals surface area contributed by atoms with E-state index >= 15 is 0 Å². The molecular formula is C5H6N2Y-2. The number of hydrogen-bond acceptors (Lipinski definition) is 2. The molecule has 0 aliphatic carbocycles. The Balaban J connectivity index is 0. The Morgan fingerprint density at radius 2 is 2.38 bits per heavy atom. The molecule has 0 aromatic heterocycles. The molecule has 0 aromatic carbocycles. The zero-order valence-electron chi connectivity index (χ0n) is 4.59. The number of nitriles is 1. The quantitative estimate of drug-likeness (QED) is 0.458. The SMILES string of the molecule is [CH2-]CN=[C-]CC#N.[Y]. The van der Waals surface area contributed by atoms with E-state index in [0.29, 0.717) is 6.54 Å². The standard InChI is InChI=1S/C5H6N2.Y/c1-2-7-5-3-4-6;/h1-3H2;/q-2;. The monoisotopic (exact) mass is 183 g/mol. The molecule has 8 heavy (non-hydrogen) atoms. The zero-order valence-corrected chi connectivity index (χ0v) is 7.43.